The largest absolute Gasteiger partial charge is 0.307 e. The van der Waals surface area contributed by atoms with Gasteiger partial charge in [-0.2, -0.15) is 0 Å². The summed E-state index contributed by atoms with van der Waals surface area (Å²) in [6.07, 6.45) is 3.69. The lowest BCUT2D eigenvalue weighted by Crippen LogP contribution is -2.44. The fraction of sp³-hybridized carbons (Fsp3) is 0.444. The van der Waals surface area contributed by atoms with Crippen LogP contribution in [0.25, 0.3) is 0 Å². The van der Waals surface area contributed by atoms with Gasteiger partial charge in [0.25, 0.3) is 0 Å². The molecule has 0 saturated carbocycles. The first kappa shape index (κ1) is 13.9. The standard InChI is InChI=1S/C9H12ClN3O3S/c1-9(2,17(3,15)16)8(14)13-7-6(10)11-4-5-12-7/h4-5H,1-3H3,(H,12,13,14). The van der Waals surface area contributed by atoms with Crippen molar-refractivity contribution in [3.63, 3.8) is 0 Å². The molecule has 1 aromatic rings. The van der Waals surface area contributed by atoms with E-state index >= 15 is 0 Å². The van der Waals surface area contributed by atoms with Gasteiger partial charge in [-0.3, -0.25) is 4.79 Å². The second-order valence-corrected chi connectivity index (χ2v) is 6.86. The summed E-state index contributed by atoms with van der Waals surface area (Å²) in [7, 11) is -3.54. The molecule has 1 rings (SSSR count). The van der Waals surface area contributed by atoms with Crippen LogP contribution in [0, 0.1) is 0 Å². The molecular formula is C9H12ClN3O3S. The molecule has 1 heterocycles. The van der Waals surface area contributed by atoms with Crippen LogP contribution in [0.15, 0.2) is 12.4 Å². The van der Waals surface area contributed by atoms with E-state index in [9.17, 15) is 13.2 Å². The second-order valence-electron chi connectivity index (χ2n) is 3.93. The highest BCUT2D eigenvalue weighted by Crippen LogP contribution is 2.20. The van der Waals surface area contributed by atoms with E-state index in [0.29, 0.717) is 0 Å². The third-order valence-electron chi connectivity index (χ3n) is 2.36. The minimum Gasteiger partial charge on any atom is -0.307 e. The molecule has 0 aliphatic rings. The van der Waals surface area contributed by atoms with E-state index in [1.807, 2.05) is 0 Å². The Morgan fingerprint density at radius 3 is 2.35 bits per heavy atom. The Bertz CT molecular complexity index is 542. The van der Waals surface area contributed by atoms with Crippen LogP contribution < -0.4 is 5.32 Å². The number of rotatable bonds is 3. The van der Waals surface area contributed by atoms with Crippen molar-refractivity contribution in [2.75, 3.05) is 11.6 Å². The van der Waals surface area contributed by atoms with Crippen molar-refractivity contribution >= 4 is 33.2 Å². The molecule has 0 radical (unpaired) electrons. The summed E-state index contributed by atoms with van der Waals surface area (Å²) in [6.45, 7) is 2.61. The Hall–Kier alpha value is -1.21. The lowest BCUT2D eigenvalue weighted by Gasteiger charge is -2.21. The number of nitrogens with zero attached hydrogens (tertiary/aromatic N) is 2. The number of sulfone groups is 1. The topological polar surface area (TPSA) is 89.0 Å². The Morgan fingerprint density at radius 1 is 1.35 bits per heavy atom. The molecule has 0 bridgehead atoms. The molecule has 1 aromatic heterocycles. The summed E-state index contributed by atoms with van der Waals surface area (Å²) < 4.78 is 21.3. The van der Waals surface area contributed by atoms with Crippen LogP contribution in [0.5, 0.6) is 0 Å². The Kier molecular flexibility index (Phi) is 3.73. The molecule has 0 aliphatic carbocycles. The summed E-state index contributed by atoms with van der Waals surface area (Å²) in [5, 5.41) is 2.34. The number of anilines is 1. The number of aromatic nitrogens is 2. The van der Waals surface area contributed by atoms with Crippen molar-refractivity contribution in [1.82, 2.24) is 9.97 Å². The third-order valence-corrected chi connectivity index (χ3v) is 4.68. The van der Waals surface area contributed by atoms with E-state index in [2.05, 4.69) is 15.3 Å². The molecule has 1 N–H and O–H groups in total. The van der Waals surface area contributed by atoms with Crippen LogP contribution in [-0.4, -0.2) is 35.3 Å². The van der Waals surface area contributed by atoms with Crippen molar-refractivity contribution < 1.29 is 13.2 Å². The van der Waals surface area contributed by atoms with Crippen molar-refractivity contribution in [3.05, 3.63) is 17.5 Å². The van der Waals surface area contributed by atoms with Gasteiger partial charge in [-0.15, -0.1) is 0 Å². The predicted molar refractivity (Wildman–Crippen MR) is 64.6 cm³/mol. The number of hydrogen-bond acceptors (Lipinski definition) is 5. The second kappa shape index (κ2) is 4.58. The number of carbonyl (C=O) groups excluding carboxylic acids is 1. The molecule has 0 fully saturated rings. The summed E-state index contributed by atoms with van der Waals surface area (Å²) in [6, 6.07) is 0. The summed E-state index contributed by atoms with van der Waals surface area (Å²) in [4.78, 5) is 19.3. The van der Waals surface area contributed by atoms with E-state index in [0.717, 1.165) is 6.26 Å². The molecule has 0 spiro atoms. The Labute approximate surface area is 104 Å². The number of carbonyl (C=O) groups is 1. The maximum absolute atomic E-state index is 11.8. The van der Waals surface area contributed by atoms with Crippen molar-refractivity contribution in [2.45, 2.75) is 18.6 Å². The van der Waals surface area contributed by atoms with E-state index < -0.39 is 20.5 Å². The monoisotopic (exact) mass is 277 g/mol. The zero-order valence-corrected chi connectivity index (χ0v) is 11.1. The highest BCUT2D eigenvalue weighted by molar-refractivity contribution is 7.92. The molecule has 0 saturated heterocycles. The zero-order chi connectivity index (χ0) is 13.3. The molecule has 0 unspecified atom stereocenters. The molecule has 0 aliphatic heterocycles. The van der Waals surface area contributed by atoms with Crippen molar-refractivity contribution in [1.29, 1.82) is 0 Å². The van der Waals surface area contributed by atoms with Crippen molar-refractivity contribution in [3.8, 4) is 0 Å². The lowest BCUT2D eigenvalue weighted by atomic mass is 10.2. The fourth-order valence-electron chi connectivity index (χ4n) is 0.831. The molecule has 0 aromatic carbocycles. The van der Waals surface area contributed by atoms with Gasteiger partial charge in [-0.25, -0.2) is 18.4 Å². The first-order valence-electron chi connectivity index (χ1n) is 4.64. The van der Waals surface area contributed by atoms with Crippen LogP contribution >= 0.6 is 11.6 Å². The van der Waals surface area contributed by atoms with Crippen molar-refractivity contribution in [2.24, 2.45) is 0 Å². The Morgan fingerprint density at radius 2 is 1.88 bits per heavy atom. The average molecular weight is 278 g/mol. The van der Waals surface area contributed by atoms with Crippen LogP contribution in [0.4, 0.5) is 5.82 Å². The highest BCUT2D eigenvalue weighted by atomic mass is 35.5. The SMILES string of the molecule is CC(C)(C(=O)Nc1nccnc1Cl)S(C)(=O)=O. The zero-order valence-electron chi connectivity index (χ0n) is 9.56. The molecule has 8 heteroatoms. The first-order valence-corrected chi connectivity index (χ1v) is 6.91. The van der Waals surface area contributed by atoms with E-state index in [1.54, 1.807) is 0 Å². The van der Waals surface area contributed by atoms with E-state index in [4.69, 9.17) is 11.6 Å². The molecule has 17 heavy (non-hydrogen) atoms. The fourth-order valence-corrected chi connectivity index (χ4v) is 1.37. The van der Waals surface area contributed by atoms with Gasteiger partial charge >= 0.3 is 0 Å². The lowest BCUT2D eigenvalue weighted by molar-refractivity contribution is -0.117. The number of nitrogens with one attached hydrogen (secondary N) is 1. The summed E-state index contributed by atoms with van der Waals surface area (Å²) in [5.74, 6) is -0.668. The van der Waals surface area contributed by atoms with Crippen LogP contribution in [0.1, 0.15) is 13.8 Å². The maximum atomic E-state index is 11.8. The number of halogens is 1. The minimum atomic E-state index is -3.54. The number of amides is 1. The van der Waals surface area contributed by atoms with Crippen LogP contribution in [0.2, 0.25) is 5.15 Å². The third kappa shape index (κ3) is 2.92. The minimum absolute atomic E-state index is 0.00477. The normalized spacial score (nSPS) is 12.2. The van der Waals surface area contributed by atoms with Crippen LogP contribution in [-0.2, 0) is 14.6 Å². The highest BCUT2D eigenvalue weighted by Gasteiger charge is 2.38. The molecule has 0 atom stereocenters. The smallest absolute Gasteiger partial charge is 0.246 e. The number of hydrogen-bond donors (Lipinski definition) is 1. The van der Waals surface area contributed by atoms with Gasteiger partial charge in [0.1, 0.15) is 4.75 Å². The molecular weight excluding hydrogens is 266 g/mol. The predicted octanol–water partition coefficient (Wildman–Crippen LogP) is 0.892. The van der Waals surface area contributed by atoms with E-state index in [-0.39, 0.29) is 11.0 Å². The first-order chi connectivity index (χ1) is 7.66. The van der Waals surface area contributed by atoms with Gasteiger partial charge in [0.15, 0.2) is 20.8 Å². The average Bonchev–Trinajstić information content (AvgIpc) is 2.19. The van der Waals surface area contributed by atoms with Gasteiger partial charge in [0, 0.05) is 18.6 Å². The quantitative estimate of drug-likeness (QED) is 0.886. The van der Waals surface area contributed by atoms with Gasteiger partial charge in [0.05, 0.1) is 0 Å². The molecule has 1 amide bonds. The van der Waals surface area contributed by atoms with Gasteiger partial charge in [-0.1, -0.05) is 11.6 Å². The van der Waals surface area contributed by atoms with Gasteiger partial charge in [0.2, 0.25) is 5.91 Å². The Balaban J connectivity index is 2.99. The van der Waals surface area contributed by atoms with Gasteiger partial charge in [-0.05, 0) is 13.8 Å². The maximum Gasteiger partial charge on any atom is 0.246 e. The summed E-state index contributed by atoms with van der Waals surface area (Å²) in [5.41, 5.74) is 0. The van der Waals surface area contributed by atoms with Crippen LogP contribution in [0.3, 0.4) is 0 Å². The van der Waals surface area contributed by atoms with Gasteiger partial charge < -0.3 is 5.32 Å². The van der Waals surface area contributed by atoms with E-state index in [1.165, 1.54) is 26.2 Å². The molecule has 94 valence electrons. The summed E-state index contributed by atoms with van der Waals surface area (Å²) >= 11 is 5.69. The molecule has 6 nitrogen and oxygen atoms in total.